The number of nitrogens with one attached hydrogen (secondary N) is 1. The van der Waals surface area contributed by atoms with Gasteiger partial charge in [-0.2, -0.15) is 5.26 Å². The van der Waals surface area contributed by atoms with E-state index in [-0.39, 0.29) is 12.4 Å². The molecule has 2 rings (SSSR count). The number of nitro groups is 1. The molecule has 0 aliphatic heterocycles. The fraction of sp³-hybridized carbons (Fsp3) is 0.118. The number of benzene rings is 1. The second-order valence-corrected chi connectivity index (χ2v) is 4.78. The number of anilines is 1. The summed E-state index contributed by atoms with van der Waals surface area (Å²) in [5.41, 5.74) is 0.861. The first-order valence-electron chi connectivity index (χ1n) is 7.27. The van der Waals surface area contributed by atoms with Gasteiger partial charge in [-0.15, -0.1) is 0 Å². The molecule has 1 heterocycles. The highest BCUT2D eigenvalue weighted by Crippen LogP contribution is 2.26. The maximum absolute atomic E-state index is 10.9. The first kappa shape index (κ1) is 17.6. The zero-order valence-corrected chi connectivity index (χ0v) is 13.3. The largest absolute Gasteiger partial charge is 0.487 e. The molecule has 8 heteroatoms. The van der Waals surface area contributed by atoms with E-state index in [0.717, 1.165) is 0 Å². The molecule has 1 aromatic carbocycles. The quantitative estimate of drug-likeness (QED) is 0.273. The van der Waals surface area contributed by atoms with Crippen molar-refractivity contribution in [2.24, 2.45) is 4.99 Å². The molecule has 0 radical (unpaired) electrons. The number of hydrogen-bond acceptors (Lipinski definition) is 6. The molecule has 1 aromatic heterocycles. The lowest BCUT2D eigenvalue weighted by Gasteiger charge is -2.13. The van der Waals surface area contributed by atoms with E-state index in [4.69, 9.17) is 10.00 Å². The lowest BCUT2D eigenvalue weighted by molar-refractivity contribution is -0.463. The van der Waals surface area contributed by atoms with Crippen LogP contribution < -0.4 is 10.1 Å². The molecule has 0 fully saturated rings. The van der Waals surface area contributed by atoms with Crippen molar-refractivity contribution in [3.8, 4) is 11.8 Å². The first-order chi connectivity index (χ1) is 12.1. The van der Waals surface area contributed by atoms with Crippen molar-refractivity contribution in [2.75, 3.05) is 18.5 Å². The Morgan fingerprint density at radius 1 is 1.48 bits per heavy atom. The molecule has 8 nitrogen and oxygen atoms in total. The van der Waals surface area contributed by atoms with Gasteiger partial charge in [0.15, 0.2) is 11.7 Å². The first-order valence-corrected chi connectivity index (χ1v) is 7.27. The van der Waals surface area contributed by atoms with Crippen LogP contribution in [0.25, 0.3) is 0 Å². The average molecular weight is 337 g/mol. The molecule has 0 saturated carbocycles. The number of amidine groups is 1. The lowest BCUT2D eigenvalue weighted by atomic mass is 10.2. The van der Waals surface area contributed by atoms with Crippen molar-refractivity contribution in [3.05, 3.63) is 70.9 Å². The summed E-state index contributed by atoms with van der Waals surface area (Å²) in [7, 11) is 0. The van der Waals surface area contributed by atoms with Crippen LogP contribution in [-0.2, 0) is 0 Å². The summed E-state index contributed by atoms with van der Waals surface area (Å²) in [4.78, 5) is 18.6. The fourth-order valence-corrected chi connectivity index (χ4v) is 1.90. The molecule has 0 aliphatic carbocycles. The lowest BCUT2D eigenvalue weighted by Crippen LogP contribution is -2.22. The molecule has 2 aromatic rings. The third-order valence-electron chi connectivity index (χ3n) is 2.92. The number of aromatic nitrogens is 1. The zero-order valence-electron chi connectivity index (χ0n) is 13.3. The van der Waals surface area contributed by atoms with Gasteiger partial charge in [0.1, 0.15) is 12.4 Å². The van der Waals surface area contributed by atoms with Gasteiger partial charge >= 0.3 is 0 Å². The van der Waals surface area contributed by atoms with Crippen LogP contribution in [0.5, 0.6) is 5.75 Å². The van der Waals surface area contributed by atoms with Gasteiger partial charge in [0.25, 0.3) is 6.54 Å². The minimum atomic E-state index is -0.516. The van der Waals surface area contributed by atoms with E-state index in [1.54, 1.807) is 42.6 Å². The standard InChI is InChI=1S/C17H15N5O3/c1-2-9-25-15-10-13(11-18)6-7-14(15)20-17(12-22(23)24)21-16-5-3-4-8-19-16/h2-8,10H,1,9,12H2,(H,19,20,21). The number of rotatable bonds is 7. The Hall–Kier alpha value is -3.73. The molecule has 0 aliphatic rings. The Morgan fingerprint density at radius 3 is 2.96 bits per heavy atom. The monoisotopic (exact) mass is 337 g/mol. The van der Waals surface area contributed by atoms with Crippen molar-refractivity contribution in [1.82, 2.24) is 4.98 Å². The summed E-state index contributed by atoms with van der Waals surface area (Å²) in [6, 6.07) is 11.8. The second kappa shape index (κ2) is 8.79. The van der Waals surface area contributed by atoms with Gasteiger partial charge in [0.2, 0.25) is 0 Å². The van der Waals surface area contributed by atoms with Crippen molar-refractivity contribution in [3.63, 3.8) is 0 Å². The van der Waals surface area contributed by atoms with Gasteiger partial charge in [-0.25, -0.2) is 9.98 Å². The predicted molar refractivity (Wildman–Crippen MR) is 93.7 cm³/mol. The number of hydrogen-bond donors (Lipinski definition) is 1. The van der Waals surface area contributed by atoms with Crippen LogP contribution >= 0.6 is 0 Å². The van der Waals surface area contributed by atoms with Crippen molar-refractivity contribution in [1.29, 1.82) is 5.26 Å². The van der Waals surface area contributed by atoms with Crippen molar-refractivity contribution in [2.45, 2.75) is 0 Å². The number of ether oxygens (including phenoxy) is 1. The van der Waals surface area contributed by atoms with Crippen LogP contribution in [0.15, 0.2) is 60.2 Å². The summed E-state index contributed by atoms with van der Waals surface area (Å²) in [5.74, 6) is 0.807. The molecule has 0 atom stereocenters. The SMILES string of the molecule is C=CCOc1cc(C#N)ccc1NC(C[N+](=O)[O-])=Nc1ccccn1. The average Bonchev–Trinajstić information content (AvgIpc) is 2.61. The second-order valence-electron chi connectivity index (χ2n) is 4.78. The van der Waals surface area contributed by atoms with Gasteiger partial charge in [-0.05, 0) is 24.3 Å². The van der Waals surface area contributed by atoms with Crippen LogP contribution in [0.4, 0.5) is 11.5 Å². The van der Waals surface area contributed by atoms with Crippen LogP contribution in [0.3, 0.4) is 0 Å². The number of pyridine rings is 1. The van der Waals surface area contributed by atoms with E-state index >= 15 is 0 Å². The number of nitrogens with zero attached hydrogens (tertiary/aromatic N) is 4. The van der Waals surface area contributed by atoms with Crippen LogP contribution in [0, 0.1) is 21.4 Å². The molecule has 0 bridgehead atoms. The smallest absolute Gasteiger partial charge is 0.260 e. The minimum absolute atomic E-state index is 0.0943. The Labute approximate surface area is 144 Å². The predicted octanol–water partition coefficient (Wildman–Crippen LogP) is 2.94. The normalized spacial score (nSPS) is 10.6. The van der Waals surface area contributed by atoms with Gasteiger partial charge in [-0.1, -0.05) is 18.7 Å². The maximum Gasteiger partial charge on any atom is 0.260 e. The molecule has 0 spiro atoms. The van der Waals surface area contributed by atoms with E-state index in [0.29, 0.717) is 22.8 Å². The van der Waals surface area contributed by atoms with Crippen molar-refractivity contribution < 1.29 is 9.66 Å². The minimum Gasteiger partial charge on any atom is -0.487 e. The van der Waals surface area contributed by atoms with Crippen LogP contribution in [-0.4, -0.2) is 28.9 Å². The Morgan fingerprint density at radius 2 is 2.32 bits per heavy atom. The third kappa shape index (κ3) is 5.44. The Bertz CT molecular complexity index is 828. The van der Waals surface area contributed by atoms with E-state index < -0.39 is 11.5 Å². The van der Waals surface area contributed by atoms with Gasteiger partial charge in [-0.3, -0.25) is 10.1 Å². The van der Waals surface area contributed by atoms with Crippen LogP contribution in [0.1, 0.15) is 5.56 Å². The van der Waals surface area contributed by atoms with Gasteiger partial charge in [0, 0.05) is 17.2 Å². The van der Waals surface area contributed by atoms with E-state index in [9.17, 15) is 10.1 Å². The maximum atomic E-state index is 10.9. The summed E-state index contributed by atoms with van der Waals surface area (Å²) in [6.07, 6.45) is 3.10. The van der Waals surface area contributed by atoms with E-state index in [1.165, 1.54) is 6.07 Å². The summed E-state index contributed by atoms with van der Waals surface area (Å²) in [5, 5.41) is 22.8. The molecule has 0 amide bonds. The highest BCUT2D eigenvalue weighted by molar-refractivity contribution is 5.98. The summed E-state index contributed by atoms with van der Waals surface area (Å²) < 4.78 is 5.51. The molecule has 25 heavy (non-hydrogen) atoms. The summed E-state index contributed by atoms with van der Waals surface area (Å²) >= 11 is 0. The zero-order chi connectivity index (χ0) is 18.1. The summed E-state index contributed by atoms with van der Waals surface area (Å²) in [6.45, 7) is 3.28. The molecule has 0 saturated heterocycles. The molecule has 1 N–H and O–H groups in total. The molecule has 0 unspecified atom stereocenters. The fourth-order valence-electron chi connectivity index (χ4n) is 1.90. The molecular formula is C17H15N5O3. The van der Waals surface area contributed by atoms with Gasteiger partial charge in [0.05, 0.1) is 17.3 Å². The number of nitriles is 1. The van der Waals surface area contributed by atoms with Crippen LogP contribution in [0.2, 0.25) is 0 Å². The third-order valence-corrected chi connectivity index (χ3v) is 2.92. The molecular weight excluding hydrogens is 322 g/mol. The molecule has 126 valence electrons. The van der Waals surface area contributed by atoms with E-state index in [1.807, 2.05) is 6.07 Å². The van der Waals surface area contributed by atoms with Gasteiger partial charge < -0.3 is 10.1 Å². The highest BCUT2D eigenvalue weighted by atomic mass is 16.6. The highest BCUT2D eigenvalue weighted by Gasteiger charge is 2.13. The van der Waals surface area contributed by atoms with Crippen molar-refractivity contribution >= 4 is 17.3 Å². The number of aliphatic imine (C=N–C) groups is 1. The Kier molecular flexibility index (Phi) is 6.19. The Balaban J connectivity index is 2.34. The van der Waals surface area contributed by atoms with E-state index in [2.05, 4.69) is 21.9 Å². The topological polar surface area (TPSA) is 113 Å².